The molecular formula is C24H27NO6. The van der Waals surface area contributed by atoms with Gasteiger partial charge in [-0.2, -0.15) is 0 Å². The van der Waals surface area contributed by atoms with Gasteiger partial charge in [-0.15, -0.1) is 0 Å². The summed E-state index contributed by atoms with van der Waals surface area (Å²) < 4.78 is 15.9. The predicted octanol–water partition coefficient (Wildman–Crippen LogP) is 3.97. The van der Waals surface area contributed by atoms with Crippen molar-refractivity contribution in [3.8, 4) is 5.75 Å². The summed E-state index contributed by atoms with van der Waals surface area (Å²) in [6.45, 7) is 1.90. The second-order valence-electron chi connectivity index (χ2n) is 7.38. The van der Waals surface area contributed by atoms with Crippen LogP contribution in [0, 0.1) is 5.41 Å². The normalized spacial score (nSPS) is 18.8. The smallest absolute Gasteiger partial charge is 0.407 e. The van der Waals surface area contributed by atoms with Gasteiger partial charge in [0.1, 0.15) is 12.4 Å². The van der Waals surface area contributed by atoms with E-state index in [1.165, 1.54) is 0 Å². The van der Waals surface area contributed by atoms with Crippen molar-refractivity contribution < 1.29 is 28.6 Å². The van der Waals surface area contributed by atoms with Crippen LogP contribution in [0.25, 0.3) is 0 Å². The molecule has 1 saturated carbocycles. The van der Waals surface area contributed by atoms with Gasteiger partial charge in [0.2, 0.25) is 0 Å². The Balaban J connectivity index is 1.90. The number of benzene rings is 2. The third kappa shape index (κ3) is 4.87. The summed E-state index contributed by atoms with van der Waals surface area (Å²) in [5, 5.41) is 2.77. The van der Waals surface area contributed by atoms with Crippen molar-refractivity contribution in [2.75, 3.05) is 13.7 Å². The van der Waals surface area contributed by atoms with E-state index < -0.39 is 23.5 Å². The number of Topliss-reactive ketones (excluding diaryl/α,β-unsaturated/α-hetero) is 1. The first kappa shape index (κ1) is 22.3. The van der Waals surface area contributed by atoms with Gasteiger partial charge in [-0.3, -0.25) is 9.59 Å². The molecule has 7 nitrogen and oxygen atoms in total. The highest BCUT2D eigenvalue weighted by Gasteiger charge is 2.56. The van der Waals surface area contributed by atoms with Gasteiger partial charge >= 0.3 is 12.1 Å². The zero-order chi connectivity index (χ0) is 22.3. The largest absolute Gasteiger partial charge is 0.497 e. The summed E-state index contributed by atoms with van der Waals surface area (Å²) in [5.74, 6) is -0.242. The van der Waals surface area contributed by atoms with E-state index in [0.717, 1.165) is 5.56 Å². The Hall–Kier alpha value is -3.35. The number of ether oxygens (including phenoxy) is 3. The number of hydrogen-bond donors (Lipinski definition) is 1. The molecule has 2 unspecified atom stereocenters. The van der Waals surface area contributed by atoms with Crippen molar-refractivity contribution in [1.82, 2.24) is 5.32 Å². The molecule has 1 fully saturated rings. The van der Waals surface area contributed by atoms with Crippen LogP contribution < -0.4 is 10.1 Å². The minimum Gasteiger partial charge on any atom is -0.497 e. The van der Waals surface area contributed by atoms with Gasteiger partial charge < -0.3 is 19.5 Å². The number of hydrogen-bond acceptors (Lipinski definition) is 6. The molecule has 0 saturated heterocycles. The Morgan fingerprint density at radius 2 is 1.77 bits per heavy atom. The van der Waals surface area contributed by atoms with E-state index in [9.17, 15) is 14.4 Å². The number of carbonyl (C=O) groups excluding carboxylic acids is 3. The average molecular weight is 425 g/mol. The monoisotopic (exact) mass is 425 g/mol. The molecule has 0 aromatic heterocycles. The van der Waals surface area contributed by atoms with Crippen molar-refractivity contribution >= 4 is 17.8 Å². The molecule has 0 bridgehead atoms. The number of alkyl carbamates (subject to hydrolysis) is 1. The molecule has 0 spiro atoms. The molecule has 2 aromatic rings. The van der Waals surface area contributed by atoms with Crippen LogP contribution in [-0.4, -0.2) is 31.6 Å². The van der Waals surface area contributed by atoms with E-state index in [0.29, 0.717) is 24.2 Å². The second-order valence-corrected chi connectivity index (χ2v) is 7.38. The van der Waals surface area contributed by atoms with Gasteiger partial charge in [0.15, 0.2) is 11.2 Å². The average Bonchev–Trinajstić information content (AvgIpc) is 3.19. The lowest BCUT2D eigenvalue weighted by atomic mass is 9.74. The van der Waals surface area contributed by atoms with Crippen molar-refractivity contribution in [3.05, 3.63) is 65.7 Å². The molecule has 1 aliphatic rings. The van der Waals surface area contributed by atoms with Crippen LogP contribution in [0.15, 0.2) is 54.6 Å². The Morgan fingerprint density at radius 3 is 2.35 bits per heavy atom. The van der Waals surface area contributed by atoms with Crippen molar-refractivity contribution in [2.45, 2.75) is 38.8 Å². The summed E-state index contributed by atoms with van der Waals surface area (Å²) in [6.07, 6.45) is 0.380. The molecule has 2 atom stereocenters. The summed E-state index contributed by atoms with van der Waals surface area (Å²) in [4.78, 5) is 38.7. The molecular weight excluding hydrogens is 398 g/mol. The number of nitrogens with one attached hydrogen (secondary N) is 1. The van der Waals surface area contributed by atoms with E-state index in [-0.39, 0.29) is 25.4 Å². The maximum Gasteiger partial charge on any atom is 0.407 e. The zero-order valence-corrected chi connectivity index (χ0v) is 17.8. The summed E-state index contributed by atoms with van der Waals surface area (Å²) in [6, 6.07) is 15.2. The molecule has 1 amide bonds. The summed E-state index contributed by atoms with van der Waals surface area (Å²) >= 11 is 0. The van der Waals surface area contributed by atoms with Gasteiger partial charge in [-0.1, -0.05) is 42.5 Å². The summed E-state index contributed by atoms with van der Waals surface area (Å²) in [5.41, 5.74) is -0.0624. The zero-order valence-electron chi connectivity index (χ0n) is 17.8. The standard InChI is InChI=1S/C24H27NO6/c1-3-30-22(27)24(15-7-10-20(24)26)21(18-11-13-19(29-2)14-12-18)25-23(28)31-16-17-8-5-4-6-9-17/h4-6,8-9,11-14,21H,3,7,10,15-16H2,1-2H3,(H,25,28). The fourth-order valence-corrected chi connectivity index (χ4v) is 3.96. The lowest BCUT2D eigenvalue weighted by molar-refractivity contribution is -0.161. The van der Waals surface area contributed by atoms with Gasteiger partial charge in [-0.25, -0.2) is 4.79 Å². The molecule has 0 heterocycles. The van der Waals surface area contributed by atoms with Crippen LogP contribution >= 0.6 is 0 Å². The van der Waals surface area contributed by atoms with Crippen LogP contribution in [0.5, 0.6) is 5.75 Å². The van der Waals surface area contributed by atoms with Crippen molar-refractivity contribution in [3.63, 3.8) is 0 Å². The number of rotatable bonds is 8. The number of esters is 1. The molecule has 1 aliphatic carbocycles. The maximum absolute atomic E-state index is 13.0. The quantitative estimate of drug-likeness (QED) is 0.508. The lowest BCUT2D eigenvalue weighted by Crippen LogP contribution is -2.49. The first-order chi connectivity index (χ1) is 15.0. The highest BCUT2D eigenvalue weighted by molar-refractivity contribution is 6.06. The van der Waals surface area contributed by atoms with Crippen LogP contribution in [0.2, 0.25) is 0 Å². The second kappa shape index (κ2) is 10.1. The molecule has 3 rings (SSSR count). The third-order valence-corrected chi connectivity index (χ3v) is 5.53. The topological polar surface area (TPSA) is 90.9 Å². The number of methoxy groups -OCH3 is 1. The van der Waals surface area contributed by atoms with E-state index in [4.69, 9.17) is 14.2 Å². The Morgan fingerprint density at radius 1 is 1.06 bits per heavy atom. The SMILES string of the molecule is CCOC(=O)C1(C(NC(=O)OCc2ccccc2)c2ccc(OC)cc2)CCCC1=O. The molecule has 2 aromatic carbocycles. The number of ketones is 1. The fourth-order valence-electron chi connectivity index (χ4n) is 3.96. The fraction of sp³-hybridized carbons (Fsp3) is 0.375. The van der Waals surface area contributed by atoms with E-state index >= 15 is 0 Å². The van der Waals surface area contributed by atoms with E-state index in [1.807, 2.05) is 30.3 Å². The molecule has 0 aliphatic heterocycles. The molecule has 7 heteroatoms. The van der Waals surface area contributed by atoms with Crippen LogP contribution in [0.1, 0.15) is 43.4 Å². The Bertz CT molecular complexity index is 911. The highest BCUT2D eigenvalue weighted by atomic mass is 16.5. The first-order valence-electron chi connectivity index (χ1n) is 10.3. The Labute approximate surface area is 181 Å². The van der Waals surface area contributed by atoms with Crippen LogP contribution in [0.3, 0.4) is 0 Å². The van der Waals surface area contributed by atoms with Gasteiger partial charge in [0.25, 0.3) is 0 Å². The summed E-state index contributed by atoms with van der Waals surface area (Å²) in [7, 11) is 1.55. The molecule has 164 valence electrons. The molecule has 31 heavy (non-hydrogen) atoms. The first-order valence-corrected chi connectivity index (χ1v) is 10.3. The molecule has 0 radical (unpaired) electrons. The van der Waals surface area contributed by atoms with E-state index in [1.54, 1.807) is 38.3 Å². The minimum absolute atomic E-state index is 0.0718. The third-order valence-electron chi connectivity index (χ3n) is 5.53. The maximum atomic E-state index is 13.0. The van der Waals surface area contributed by atoms with E-state index in [2.05, 4.69) is 5.32 Å². The van der Waals surface area contributed by atoms with Gasteiger partial charge in [-0.05, 0) is 43.0 Å². The highest BCUT2D eigenvalue weighted by Crippen LogP contribution is 2.46. The Kier molecular flexibility index (Phi) is 7.28. The van der Waals surface area contributed by atoms with Crippen molar-refractivity contribution in [1.29, 1.82) is 0 Å². The minimum atomic E-state index is -1.49. The number of amides is 1. The van der Waals surface area contributed by atoms with Gasteiger partial charge in [0, 0.05) is 6.42 Å². The number of carbonyl (C=O) groups is 3. The van der Waals surface area contributed by atoms with Crippen molar-refractivity contribution in [2.24, 2.45) is 5.41 Å². The molecule has 1 N–H and O–H groups in total. The van der Waals surface area contributed by atoms with Gasteiger partial charge in [0.05, 0.1) is 19.8 Å². The van der Waals surface area contributed by atoms with Crippen LogP contribution in [0.4, 0.5) is 4.79 Å². The van der Waals surface area contributed by atoms with Crippen LogP contribution in [-0.2, 0) is 25.7 Å². The lowest BCUT2D eigenvalue weighted by Gasteiger charge is -2.34. The predicted molar refractivity (Wildman–Crippen MR) is 113 cm³/mol.